The first kappa shape index (κ1) is 17.0. The molecule has 0 radical (unpaired) electrons. The van der Waals surface area contributed by atoms with E-state index in [1.54, 1.807) is 12.1 Å². The SMILES string of the molecule is COc1cccc(F)c1C=C(CO)B1OC(C)(C)C(C)(C)O1. The number of benzene rings is 1. The van der Waals surface area contributed by atoms with Gasteiger partial charge in [-0.1, -0.05) is 12.1 Å². The van der Waals surface area contributed by atoms with Crippen molar-refractivity contribution in [1.29, 1.82) is 0 Å². The van der Waals surface area contributed by atoms with E-state index in [9.17, 15) is 9.50 Å². The van der Waals surface area contributed by atoms with E-state index in [0.717, 1.165) is 0 Å². The van der Waals surface area contributed by atoms with E-state index < -0.39 is 24.1 Å². The van der Waals surface area contributed by atoms with Gasteiger partial charge in [0.05, 0.1) is 30.5 Å². The molecule has 1 heterocycles. The summed E-state index contributed by atoms with van der Waals surface area (Å²) >= 11 is 0. The number of rotatable bonds is 4. The van der Waals surface area contributed by atoms with Gasteiger partial charge in [0.1, 0.15) is 11.6 Å². The monoisotopic (exact) mass is 308 g/mol. The quantitative estimate of drug-likeness (QED) is 0.869. The maximum Gasteiger partial charge on any atom is 0.492 e. The summed E-state index contributed by atoms with van der Waals surface area (Å²) in [5.41, 5.74) is -0.331. The number of hydrogen-bond acceptors (Lipinski definition) is 4. The molecule has 1 aromatic carbocycles. The smallest absolute Gasteiger partial charge is 0.492 e. The van der Waals surface area contributed by atoms with Crippen LogP contribution in [0.4, 0.5) is 4.39 Å². The number of aliphatic hydroxyl groups is 1. The molecule has 0 saturated carbocycles. The predicted molar refractivity (Wildman–Crippen MR) is 84.1 cm³/mol. The second kappa shape index (κ2) is 6.03. The molecule has 1 aliphatic rings. The average molecular weight is 308 g/mol. The Balaban J connectivity index is 2.38. The fraction of sp³-hybridized carbons (Fsp3) is 0.500. The third-order valence-corrected chi connectivity index (χ3v) is 4.30. The van der Waals surface area contributed by atoms with E-state index in [-0.39, 0.29) is 12.2 Å². The van der Waals surface area contributed by atoms with Crippen LogP contribution in [0.2, 0.25) is 0 Å². The standard InChI is InChI=1S/C16H22BFO4/c1-15(2)16(3,4)22-17(21-15)11(10-19)9-12-13(18)7-6-8-14(12)20-5/h6-9,19H,10H2,1-5H3. The van der Waals surface area contributed by atoms with Crippen LogP contribution in [0.1, 0.15) is 33.3 Å². The molecule has 2 rings (SSSR count). The molecule has 0 atom stereocenters. The molecule has 0 aliphatic carbocycles. The molecule has 0 spiro atoms. The van der Waals surface area contributed by atoms with Crippen LogP contribution in [0.25, 0.3) is 6.08 Å². The van der Waals surface area contributed by atoms with Crippen LogP contribution in [-0.2, 0) is 9.31 Å². The van der Waals surface area contributed by atoms with Crippen molar-refractivity contribution in [3.63, 3.8) is 0 Å². The summed E-state index contributed by atoms with van der Waals surface area (Å²) < 4.78 is 31.0. The Morgan fingerprint density at radius 3 is 2.36 bits per heavy atom. The highest BCUT2D eigenvalue weighted by Gasteiger charge is 2.52. The van der Waals surface area contributed by atoms with Crippen molar-refractivity contribution >= 4 is 13.2 Å². The first-order chi connectivity index (χ1) is 10.2. The van der Waals surface area contributed by atoms with E-state index >= 15 is 0 Å². The first-order valence-electron chi connectivity index (χ1n) is 7.21. The van der Waals surface area contributed by atoms with Gasteiger partial charge >= 0.3 is 7.12 Å². The molecule has 1 saturated heterocycles. The summed E-state index contributed by atoms with van der Waals surface area (Å²) in [6.45, 7) is 7.39. The van der Waals surface area contributed by atoms with Gasteiger partial charge in [0.25, 0.3) is 0 Å². The van der Waals surface area contributed by atoms with Gasteiger partial charge in [-0.2, -0.15) is 0 Å². The van der Waals surface area contributed by atoms with E-state index in [2.05, 4.69) is 0 Å². The third kappa shape index (κ3) is 3.04. The van der Waals surface area contributed by atoms with Gasteiger partial charge in [-0.05, 0) is 45.3 Å². The molecular weight excluding hydrogens is 286 g/mol. The largest absolute Gasteiger partial charge is 0.496 e. The van der Waals surface area contributed by atoms with Crippen molar-refractivity contribution in [1.82, 2.24) is 0 Å². The highest BCUT2D eigenvalue weighted by Crippen LogP contribution is 2.39. The van der Waals surface area contributed by atoms with Crippen LogP contribution in [0.3, 0.4) is 0 Å². The second-order valence-corrected chi connectivity index (χ2v) is 6.32. The lowest BCUT2D eigenvalue weighted by Gasteiger charge is -2.32. The maximum absolute atomic E-state index is 14.0. The Hall–Kier alpha value is -1.37. The van der Waals surface area contributed by atoms with Crippen LogP contribution in [0.15, 0.2) is 23.7 Å². The minimum absolute atomic E-state index is 0.267. The minimum Gasteiger partial charge on any atom is -0.496 e. The van der Waals surface area contributed by atoms with Crippen LogP contribution < -0.4 is 4.74 Å². The molecule has 0 aromatic heterocycles. The predicted octanol–water partition coefficient (Wildman–Crippen LogP) is 2.84. The van der Waals surface area contributed by atoms with Gasteiger partial charge in [-0.15, -0.1) is 0 Å². The lowest BCUT2D eigenvalue weighted by Crippen LogP contribution is -2.41. The van der Waals surface area contributed by atoms with Crippen LogP contribution in [-0.4, -0.2) is 37.1 Å². The fourth-order valence-electron chi connectivity index (χ4n) is 2.20. The van der Waals surface area contributed by atoms with Crippen molar-refractivity contribution in [3.8, 4) is 5.75 Å². The molecule has 1 N–H and O–H groups in total. The summed E-state index contributed by atoms with van der Waals surface area (Å²) in [6.07, 6.45) is 1.52. The zero-order chi connectivity index (χ0) is 16.5. The van der Waals surface area contributed by atoms with Gasteiger partial charge in [0.2, 0.25) is 0 Å². The Morgan fingerprint density at radius 1 is 1.27 bits per heavy atom. The van der Waals surface area contributed by atoms with Gasteiger partial charge in [-0.25, -0.2) is 4.39 Å². The highest BCUT2D eigenvalue weighted by atomic mass is 19.1. The van der Waals surface area contributed by atoms with Crippen molar-refractivity contribution in [2.75, 3.05) is 13.7 Å². The summed E-state index contributed by atoms with van der Waals surface area (Å²) in [5.74, 6) is -0.0377. The normalized spacial score (nSPS) is 20.3. The lowest BCUT2D eigenvalue weighted by molar-refractivity contribution is 0.00578. The topological polar surface area (TPSA) is 47.9 Å². The fourth-order valence-corrected chi connectivity index (χ4v) is 2.20. The number of halogens is 1. The molecule has 4 nitrogen and oxygen atoms in total. The molecule has 6 heteroatoms. The highest BCUT2D eigenvalue weighted by molar-refractivity contribution is 6.55. The van der Waals surface area contributed by atoms with Crippen molar-refractivity contribution < 1.29 is 23.5 Å². The van der Waals surface area contributed by atoms with Crippen LogP contribution in [0, 0.1) is 5.82 Å². The Labute approximate surface area is 131 Å². The van der Waals surface area contributed by atoms with Gasteiger partial charge in [0.15, 0.2) is 0 Å². The van der Waals surface area contributed by atoms with Crippen molar-refractivity contribution in [3.05, 3.63) is 35.1 Å². The zero-order valence-electron chi connectivity index (χ0n) is 13.6. The number of methoxy groups -OCH3 is 1. The minimum atomic E-state index is -0.723. The molecule has 1 fully saturated rings. The summed E-state index contributed by atoms with van der Waals surface area (Å²) in [5, 5.41) is 9.65. The third-order valence-electron chi connectivity index (χ3n) is 4.30. The Morgan fingerprint density at radius 2 is 1.86 bits per heavy atom. The molecule has 0 bridgehead atoms. The van der Waals surface area contributed by atoms with E-state index in [1.165, 1.54) is 19.3 Å². The number of ether oxygens (including phenoxy) is 1. The molecule has 0 unspecified atom stereocenters. The van der Waals surface area contributed by atoms with Crippen LogP contribution >= 0.6 is 0 Å². The summed E-state index contributed by atoms with van der Waals surface area (Å²) in [7, 11) is 0.749. The molecular formula is C16H22BFO4. The maximum atomic E-state index is 14.0. The summed E-state index contributed by atoms with van der Waals surface area (Å²) in [6, 6.07) is 4.57. The molecule has 1 aromatic rings. The Kier molecular flexibility index (Phi) is 4.66. The number of aliphatic hydroxyl groups excluding tert-OH is 1. The van der Waals surface area contributed by atoms with E-state index in [1.807, 2.05) is 27.7 Å². The molecule has 22 heavy (non-hydrogen) atoms. The van der Waals surface area contributed by atoms with Crippen molar-refractivity contribution in [2.24, 2.45) is 0 Å². The Bertz CT molecular complexity index is 568. The van der Waals surface area contributed by atoms with E-state index in [4.69, 9.17) is 14.0 Å². The summed E-state index contributed by atoms with van der Waals surface area (Å²) in [4.78, 5) is 0. The average Bonchev–Trinajstić information content (AvgIpc) is 2.65. The van der Waals surface area contributed by atoms with Gasteiger partial charge in [0, 0.05) is 0 Å². The first-order valence-corrected chi connectivity index (χ1v) is 7.21. The van der Waals surface area contributed by atoms with Crippen LogP contribution in [0.5, 0.6) is 5.75 Å². The lowest BCUT2D eigenvalue weighted by atomic mass is 9.77. The van der Waals surface area contributed by atoms with Gasteiger partial charge < -0.3 is 19.2 Å². The van der Waals surface area contributed by atoms with E-state index in [0.29, 0.717) is 11.2 Å². The van der Waals surface area contributed by atoms with Crippen molar-refractivity contribution in [2.45, 2.75) is 38.9 Å². The van der Waals surface area contributed by atoms with Gasteiger partial charge in [-0.3, -0.25) is 0 Å². The molecule has 120 valence electrons. The molecule has 0 amide bonds. The zero-order valence-corrected chi connectivity index (χ0v) is 13.6. The molecule has 1 aliphatic heterocycles. The number of hydrogen-bond donors (Lipinski definition) is 1. The second-order valence-electron chi connectivity index (χ2n) is 6.32.